The van der Waals surface area contributed by atoms with Crippen molar-refractivity contribution < 1.29 is 13.9 Å². The number of nitrogens with zero attached hydrogens (tertiary/aromatic N) is 1. The highest BCUT2D eigenvalue weighted by Crippen LogP contribution is 2.23. The third-order valence-electron chi connectivity index (χ3n) is 4.62. The Labute approximate surface area is 147 Å². The van der Waals surface area contributed by atoms with Crippen LogP contribution in [0.1, 0.15) is 29.7 Å². The van der Waals surface area contributed by atoms with E-state index >= 15 is 0 Å². The molecule has 0 aliphatic carbocycles. The second-order valence-corrected chi connectivity index (χ2v) is 6.44. The highest BCUT2D eigenvalue weighted by Gasteiger charge is 2.20. The van der Waals surface area contributed by atoms with Gasteiger partial charge in [0.15, 0.2) is 0 Å². The summed E-state index contributed by atoms with van der Waals surface area (Å²) in [5.74, 6) is 0.544. The van der Waals surface area contributed by atoms with Gasteiger partial charge in [-0.25, -0.2) is 4.39 Å². The topological polar surface area (TPSA) is 41.6 Å². The molecule has 0 bridgehead atoms. The fourth-order valence-electron chi connectivity index (χ4n) is 3.18. The van der Waals surface area contributed by atoms with Crippen LogP contribution in [0.2, 0.25) is 0 Å². The van der Waals surface area contributed by atoms with Crippen LogP contribution in [-0.4, -0.2) is 31.0 Å². The molecule has 25 heavy (non-hydrogen) atoms. The zero-order chi connectivity index (χ0) is 17.8. The molecule has 0 spiro atoms. The molecule has 0 aromatic heterocycles. The molecule has 1 unspecified atom stereocenters. The lowest BCUT2D eigenvalue weighted by molar-refractivity contribution is -0.123. The minimum atomic E-state index is -0.273. The maximum atomic E-state index is 13.0. The Morgan fingerprint density at radius 1 is 1.24 bits per heavy atom. The number of hydrogen-bond donors (Lipinski definition) is 1. The molecule has 1 aliphatic heterocycles. The van der Waals surface area contributed by atoms with Gasteiger partial charge < -0.3 is 10.1 Å². The van der Waals surface area contributed by atoms with Crippen molar-refractivity contribution >= 4 is 5.91 Å². The van der Waals surface area contributed by atoms with Gasteiger partial charge in [0, 0.05) is 13.1 Å². The molecule has 132 valence electrons. The summed E-state index contributed by atoms with van der Waals surface area (Å²) in [5.41, 5.74) is 3.42. The van der Waals surface area contributed by atoms with Crippen molar-refractivity contribution in [1.29, 1.82) is 0 Å². The van der Waals surface area contributed by atoms with Crippen LogP contribution in [0.4, 0.5) is 4.39 Å². The van der Waals surface area contributed by atoms with Crippen LogP contribution in [-0.2, 0) is 17.8 Å². The van der Waals surface area contributed by atoms with E-state index in [1.54, 1.807) is 19.2 Å². The average Bonchev–Trinajstić information content (AvgIpc) is 2.61. The van der Waals surface area contributed by atoms with Crippen LogP contribution < -0.4 is 10.1 Å². The Bertz CT molecular complexity index is 746. The van der Waals surface area contributed by atoms with Gasteiger partial charge in [-0.15, -0.1) is 0 Å². The molecule has 0 radical (unpaired) electrons. The molecule has 1 heterocycles. The summed E-state index contributed by atoms with van der Waals surface area (Å²) in [6, 6.07) is 12.2. The van der Waals surface area contributed by atoms with Crippen LogP contribution >= 0.6 is 0 Å². The second kappa shape index (κ2) is 7.66. The molecule has 5 heteroatoms. The second-order valence-electron chi connectivity index (χ2n) is 6.44. The molecule has 4 nitrogen and oxygen atoms in total. The van der Waals surface area contributed by atoms with E-state index < -0.39 is 0 Å². The van der Waals surface area contributed by atoms with Crippen LogP contribution in [0.25, 0.3) is 0 Å². The first-order valence-corrected chi connectivity index (χ1v) is 8.48. The molecular weight excluding hydrogens is 319 g/mol. The normalized spacial score (nSPS) is 15.3. The number of carbonyl (C=O) groups is 1. The van der Waals surface area contributed by atoms with E-state index in [9.17, 15) is 9.18 Å². The van der Waals surface area contributed by atoms with Gasteiger partial charge in [0.2, 0.25) is 5.91 Å². The molecule has 0 saturated heterocycles. The number of fused-ring (bicyclic) bond motifs is 1. The lowest BCUT2D eigenvalue weighted by atomic mass is 9.99. The van der Waals surface area contributed by atoms with Crippen molar-refractivity contribution in [3.63, 3.8) is 0 Å². The highest BCUT2D eigenvalue weighted by molar-refractivity contribution is 5.78. The minimum Gasteiger partial charge on any atom is -0.497 e. The monoisotopic (exact) mass is 342 g/mol. The number of ether oxygens (including phenoxy) is 1. The summed E-state index contributed by atoms with van der Waals surface area (Å²) in [5, 5.41) is 2.98. The van der Waals surface area contributed by atoms with Crippen molar-refractivity contribution in [1.82, 2.24) is 10.2 Å². The summed E-state index contributed by atoms with van der Waals surface area (Å²) >= 11 is 0. The SMILES string of the molecule is COc1ccc2c(c1)CN(CC(=O)NC(C)c1ccc(F)cc1)CC2. The lowest BCUT2D eigenvalue weighted by Gasteiger charge is -2.29. The predicted octanol–water partition coefficient (Wildman–Crippen LogP) is 3.07. The Hall–Kier alpha value is -2.40. The molecule has 1 N–H and O–H groups in total. The number of rotatable bonds is 5. The highest BCUT2D eigenvalue weighted by atomic mass is 19.1. The summed E-state index contributed by atoms with van der Waals surface area (Å²) in [7, 11) is 1.66. The van der Waals surface area contributed by atoms with Gasteiger partial charge in [-0.1, -0.05) is 18.2 Å². The fourth-order valence-corrected chi connectivity index (χ4v) is 3.18. The van der Waals surface area contributed by atoms with Gasteiger partial charge in [-0.2, -0.15) is 0 Å². The van der Waals surface area contributed by atoms with Crippen molar-refractivity contribution in [2.45, 2.75) is 25.9 Å². The van der Waals surface area contributed by atoms with E-state index in [1.807, 2.05) is 19.1 Å². The maximum Gasteiger partial charge on any atom is 0.234 e. The quantitative estimate of drug-likeness (QED) is 0.908. The largest absolute Gasteiger partial charge is 0.497 e. The molecule has 0 fully saturated rings. The van der Waals surface area contributed by atoms with Gasteiger partial charge in [0.1, 0.15) is 11.6 Å². The van der Waals surface area contributed by atoms with Gasteiger partial charge in [0.05, 0.1) is 19.7 Å². The van der Waals surface area contributed by atoms with Crippen LogP contribution in [0.5, 0.6) is 5.75 Å². The van der Waals surface area contributed by atoms with Crippen LogP contribution in [0.15, 0.2) is 42.5 Å². The third kappa shape index (κ3) is 4.37. The molecule has 3 rings (SSSR count). The number of nitrogens with one attached hydrogen (secondary N) is 1. The van der Waals surface area contributed by atoms with Gasteiger partial charge >= 0.3 is 0 Å². The number of methoxy groups -OCH3 is 1. The zero-order valence-electron chi connectivity index (χ0n) is 14.6. The Morgan fingerprint density at radius 3 is 2.72 bits per heavy atom. The van der Waals surface area contributed by atoms with Crippen LogP contribution in [0, 0.1) is 5.82 Å². The van der Waals surface area contributed by atoms with E-state index in [-0.39, 0.29) is 17.8 Å². The average molecular weight is 342 g/mol. The molecule has 2 aromatic rings. The van der Waals surface area contributed by atoms with E-state index in [0.717, 1.165) is 30.8 Å². The van der Waals surface area contributed by atoms with E-state index in [2.05, 4.69) is 16.3 Å². The summed E-state index contributed by atoms with van der Waals surface area (Å²) in [4.78, 5) is 14.5. The smallest absolute Gasteiger partial charge is 0.234 e. The van der Waals surface area contributed by atoms with Crippen molar-refractivity contribution in [2.24, 2.45) is 0 Å². The number of hydrogen-bond acceptors (Lipinski definition) is 3. The lowest BCUT2D eigenvalue weighted by Crippen LogP contribution is -2.40. The van der Waals surface area contributed by atoms with Crippen LogP contribution in [0.3, 0.4) is 0 Å². The van der Waals surface area contributed by atoms with Gasteiger partial charge in [-0.05, 0) is 54.3 Å². The number of carbonyl (C=O) groups excluding carboxylic acids is 1. The predicted molar refractivity (Wildman–Crippen MR) is 94.9 cm³/mol. The van der Waals surface area contributed by atoms with E-state index in [4.69, 9.17) is 4.74 Å². The number of benzene rings is 2. The number of amides is 1. The maximum absolute atomic E-state index is 13.0. The first-order valence-electron chi connectivity index (χ1n) is 8.48. The fraction of sp³-hybridized carbons (Fsp3) is 0.350. The van der Waals surface area contributed by atoms with Gasteiger partial charge in [-0.3, -0.25) is 9.69 Å². The summed E-state index contributed by atoms with van der Waals surface area (Å²) in [6.07, 6.45) is 0.931. The molecule has 1 aliphatic rings. The van der Waals surface area contributed by atoms with E-state index in [1.165, 1.54) is 23.3 Å². The molecule has 2 aromatic carbocycles. The minimum absolute atomic E-state index is 0.0248. The summed E-state index contributed by atoms with van der Waals surface area (Å²) < 4.78 is 18.3. The zero-order valence-corrected chi connectivity index (χ0v) is 14.6. The summed E-state index contributed by atoms with van der Waals surface area (Å²) in [6.45, 7) is 3.85. The molecule has 0 saturated carbocycles. The number of halogens is 1. The van der Waals surface area contributed by atoms with Crippen molar-refractivity contribution in [3.05, 3.63) is 65.0 Å². The molecular formula is C20H23FN2O2. The van der Waals surface area contributed by atoms with Crippen molar-refractivity contribution in [3.8, 4) is 5.75 Å². The molecule has 1 amide bonds. The van der Waals surface area contributed by atoms with E-state index in [0.29, 0.717) is 6.54 Å². The van der Waals surface area contributed by atoms with Crippen molar-refractivity contribution in [2.75, 3.05) is 20.2 Å². The first-order chi connectivity index (χ1) is 12.0. The first kappa shape index (κ1) is 17.4. The Kier molecular flexibility index (Phi) is 5.34. The third-order valence-corrected chi connectivity index (χ3v) is 4.62. The Morgan fingerprint density at radius 2 is 2.00 bits per heavy atom. The Balaban J connectivity index is 1.57. The standard InChI is InChI=1S/C20H23FN2O2/c1-14(15-3-6-18(21)7-4-15)22-20(24)13-23-10-9-16-5-8-19(25-2)11-17(16)12-23/h3-8,11,14H,9-10,12-13H2,1-2H3,(H,22,24). The van der Waals surface area contributed by atoms with Gasteiger partial charge in [0.25, 0.3) is 0 Å². The molecule has 1 atom stereocenters.